The van der Waals surface area contributed by atoms with Crippen molar-refractivity contribution < 1.29 is 33.5 Å². The molecule has 1 aliphatic rings. The lowest BCUT2D eigenvalue weighted by atomic mass is 10.2. The third-order valence-electron chi connectivity index (χ3n) is 4.48. The monoisotopic (exact) mass is 436 g/mol. The molecule has 0 aliphatic heterocycles. The van der Waals surface area contributed by atoms with Gasteiger partial charge in [0, 0.05) is 12.1 Å². The fourth-order valence-corrected chi connectivity index (χ4v) is 3.00. The van der Waals surface area contributed by atoms with Crippen molar-refractivity contribution in [3.63, 3.8) is 0 Å². The molecular weight excluding hydrogens is 408 g/mol. The van der Waals surface area contributed by atoms with Crippen LogP contribution < -0.4 is 5.32 Å². The summed E-state index contributed by atoms with van der Waals surface area (Å²) in [4.78, 5) is 47.1. The summed E-state index contributed by atoms with van der Waals surface area (Å²) in [5.74, 6) is -1.45. The molecular formula is C21H28N2O8. The summed E-state index contributed by atoms with van der Waals surface area (Å²) in [5.41, 5.74) is -0.309. The number of carbonyl (C=O) groups excluding carboxylic acids is 3. The molecule has 2 rings (SSSR count). The zero-order chi connectivity index (χ0) is 23.0. The Morgan fingerprint density at radius 2 is 1.77 bits per heavy atom. The van der Waals surface area contributed by atoms with Crippen molar-refractivity contribution in [3.8, 4) is 0 Å². The van der Waals surface area contributed by atoms with E-state index in [1.165, 1.54) is 24.3 Å². The SMILES string of the molecule is CC(C)(C)OC(=O)N[C@H](CC(=O)OCc1ccc([N+](=O)[O-])cc1)C(=O)OC1CCCC1. The highest BCUT2D eigenvalue weighted by Gasteiger charge is 2.31. The molecule has 1 N–H and O–H groups in total. The Kier molecular flexibility index (Phi) is 8.35. The van der Waals surface area contributed by atoms with Gasteiger partial charge < -0.3 is 19.5 Å². The number of benzene rings is 1. The molecule has 0 radical (unpaired) electrons. The summed E-state index contributed by atoms with van der Waals surface area (Å²) in [6, 6.07) is 4.29. The molecule has 1 fully saturated rings. The standard InChI is InChI=1S/C21H28N2O8/c1-21(2,3)31-20(26)22-17(19(25)30-16-6-4-5-7-16)12-18(24)29-13-14-8-10-15(11-9-14)23(27)28/h8-11,16-17H,4-7,12-13H2,1-3H3,(H,22,26)/t17-/m1/s1. The Morgan fingerprint density at radius 3 is 2.32 bits per heavy atom. The maximum absolute atomic E-state index is 12.5. The number of alkyl carbamates (subject to hydrolysis) is 1. The molecule has 170 valence electrons. The summed E-state index contributed by atoms with van der Waals surface area (Å²) >= 11 is 0. The van der Waals surface area contributed by atoms with Crippen molar-refractivity contribution in [2.75, 3.05) is 0 Å². The minimum atomic E-state index is -1.25. The molecule has 1 aromatic carbocycles. The Bertz CT molecular complexity index is 795. The highest BCUT2D eigenvalue weighted by Crippen LogP contribution is 2.22. The second-order valence-corrected chi connectivity index (χ2v) is 8.33. The largest absolute Gasteiger partial charge is 0.461 e. The van der Waals surface area contributed by atoms with E-state index in [4.69, 9.17) is 14.2 Å². The number of carbonyl (C=O) groups is 3. The van der Waals surface area contributed by atoms with E-state index in [1.807, 2.05) is 0 Å². The molecule has 1 saturated carbocycles. The maximum atomic E-state index is 12.5. The smallest absolute Gasteiger partial charge is 0.408 e. The maximum Gasteiger partial charge on any atom is 0.408 e. The van der Waals surface area contributed by atoms with Gasteiger partial charge in [-0.2, -0.15) is 0 Å². The lowest BCUT2D eigenvalue weighted by Gasteiger charge is -2.23. The first-order valence-corrected chi connectivity index (χ1v) is 10.1. The highest BCUT2D eigenvalue weighted by atomic mass is 16.6. The Hall–Kier alpha value is -3.17. The Morgan fingerprint density at radius 1 is 1.16 bits per heavy atom. The van der Waals surface area contributed by atoms with E-state index in [2.05, 4.69) is 5.32 Å². The first kappa shape index (κ1) is 24.1. The van der Waals surface area contributed by atoms with Gasteiger partial charge in [0.15, 0.2) is 0 Å². The van der Waals surface area contributed by atoms with E-state index >= 15 is 0 Å². The van der Waals surface area contributed by atoms with Crippen LogP contribution in [0.3, 0.4) is 0 Å². The van der Waals surface area contributed by atoms with Gasteiger partial charge in [-0.15, -0.1) is 0 Å². The van der Waals surface area contributed by atoms with Crippen LogP contribution in [0, 0.1) is 10.1 Å². The number of hydrogen-bond donors (Lipinski definition) is 1. The summed E-state index contributed by atoms with van der Waals surface area (Å²) in [5, 5.41) is 13.1. The number of nitro benzene ring substituents is 1. The molecule has 1 aliphatic carbocycles. The Labute approximate surface area is 180 Å². The summed E-state index contributed by atoms with van der Waals surface area (Å²) in [6.45, 7) is 4.90. The van der Waals surface area contributed by atoms with Gasteiger partial charge in [0.05, 0.1) is 11.3 Å². The van der Waals surface area contributed by atoms with Gasteiger partial charge in [0.2, 0.25) is 0 Å². The number of amides is 1. The average Bonchev–Trinajstić information content (AvgIpc) is 3.17. The van der Waals surface area contributed by atoms with Crippen molar-refractivity contribution in [3.05, 3.63) is 39.9 Å². The highest BCUT2D eigenvalue weighted by molar-refractivity contribution is 5.86. The molecule has 0 aromatic heterocycles. The fraction of sp³-hybridized carbons (Fsp3) is 0.571. The second-order valence-electron chi connectivity index (χ2n) is 8.33. The number of non-ortho nitro benzene ring substituents is 1. The van der Waals surface area contributed by atoms with Gasteiger partial charge in [-0.1, -0.05) is 0 Å². The third-order valence-corrected chi connectivity index (χ3v) is 4.48. The molecule has 0 spiro atoms. The minimum absolute atomic E-state index is 0.0774. The molecule has 1 amide bonds. The van der Waals surface area contributed by atoms with Gasteiger partial charge >= 0.3 is 18.0 Å². The summed E-state index contributed by atoms with van der Waals surface area (Å²) < 4.78 is 15.7. The molecule has 0 bridgehead atoms. The molecule has 10 heteroatoms. The van der Waals surface area contributed by atoms with Crippen LogP contribution in [0.5, 0.6) is 0 Å². The predicted molar refractivity (Wildman–Crippen MR) is 109 cm³/mol. The van der Waals surface area contributed by atoms with E-state index in [0.29, 0.717) is 5.56 Å². The van der Waals surface area contributed by atoms with Crippen LogP contribution in [0.15, 0.2) is 24.3 Å². The van der Waals surface area contributed by atoms with E-state index in [9.17, 15) is 24.5 Å². The third kappa shape index (κ3) is 8.61. The molecule has 0 saturated heterocycles. The minimum Gasteiger partial charge on any atom is -0.461 e. The van der Waals surface area contributed by atoms with Crippen molar-refractivity contribution >= 4 is 23.7 Å². The molecule has 31 heavy (non-hydrogen) atoms. The first-order valence-electron chi connectivity index (χ1n) is 10.1. The van der Waals surface area contributed by atoms with Crippen molar-refractivity contribution in [2.24, 2.45) is 0 Å². The quantitative estimate of drug-likeness (QED) is 0.284. The van der Waals surface area contributed by atoms with Crippen LogP contribution in [0.25, 0.3) is 0 Å². The van der Waals surface area contributed by atoms with E-state index in [-0.39, 0.29) is 18.4 Å². The number of nitrogens with zero attached hydrogens (tertiary/aromatic N) is 1. The zero-order valence-electron chi connectivity index (χ0n) is 17.9. The number of rotatable bonds is 8. The second kappa shape index (κ2) is 10.7. The molecule has 0 heterocycles. The Balaban J connectivity index is 1.95. The van der Waals surface area contributed by atoms with Crippen molar-refractivity contribution in [1.29, 1.82) is 0 Å². The molecule has 1 aromatic rings. The summed E-state index contributed by atoms with van der Waals surface area (Å²) in [6.07, 6.45) is 1.90. The fourth-order valence-electron chi connectivity index (χ4n) is 3.00. The summed E-state index contributed by atoms with van der Waals surface area (Å²) in [7, 11) is 0. The first-order chi connectivity index (χ1) is 14.5. The number of ether oxygens (including phenoxy) is 3. The number of esters is 2. The van der Waals surface area contributed by atoms with Gasteiger partial charge in [0.1, 0.15) is 24.4 Å². The van der Waals surface area contributed by atoms with Crippen LogP contribution >= 0.6 is 0 Å². The van der Waals surface area contributed by atoms with Crippen LogP contribution in [0.2, 0.25) is 0 Å². The molecule has 10 nitrogen and oxygen atoms in total. The van der Waals surface area contributed by atoms with Crippen LogP contribution in [0.4, 0.5) is 10.5 Å². The lowest BCUT2D eigenvalue weighted by Crippen LogP contribution is -2.46. The van der Waals surface area contributed by atoms with Crippen molar-refractivity contribution in [1.82, 2.24) is 5.32 Å². The van der Waals surface area contributed by atoms with E-state index in [1.54, 1.807) is 20.8 Å². The number of hydrogen-bond acceptors (Lipinski definition) is 8. The lowest BCUT2D eigenvalue weighted by molar-refractivity contribution is -0.384. The topological polar surface area (TPSA) is 134 Å². The predicted octanol–water partition coefficient (Wildman–Crippen LogP) is 3.41. The zero-order valence-corrected chi connectivity index (χ0v) is 17.9. The van der Waals surface area contributed by atoms with E-state index in [0.717, 1.165) is 25.7 Å². The van der Waals surface area contributed by atoms with Gasteiger partial charge in [-0.25, -0.2) is 9.59 Å². The van der Waals surface area contributed by atoms with Crippen molar-refractivity contribution in [2.45, 2.75) is 77.2 Å². The van der Waals surface area contributed by atoms with Crippen LogP contribution in [0.1, 0.15) is 58.4 Å². The molecule has 0 unspecified atom stereocenters. The average molecular weight is 436 g/mol. The van der Waals surface area contributed by atoms with Crippen LogP contribution in [-0.2, 0) is 30.4 Å². The number of nitrogens with one attached hydrogen (secondary N) is 1. The van der Waals surface area contributed by atoms with Gasteiger partial charge in [-0.05, 0) is 64.2 Å². The normalized spacial score (nSPS) is 15.1. The van der Waals surface area contributed by atoms with E-state index < -0.39 is 41.0 Å². The van der Waals surface area contributed by atoms with Gasteiger partial charge in [-0.3, -0.25) is 14.9 Å². The van der Waals surface area contributed by atoms with Crippen LogP contribution in [-0.4, -0.2) is 40.7 Å². The molecule has 1 atom stereocenters. The van der Waals surface area contributed by atoms with Gasteiger partial charge in [0.25, 0.3) is 5.69 Å². The number of nitro groups is 1.